The molecule has 2 heteroatoms. The number of carbonyl (C=O) groups excluding carboxylic acids is 1. The molecule has 2 fully saturated rings. The number of ether oxygens (including phenoxy) is 1. The van der Waals surface area contributed by atoms with Gasteiger partial charge in [-0.3, -0.25) is 4.79 Å². The van der Waals surface area contributed by atoms with Crippen LogP contribution in [-0.4, -0.2) is 5.97 Å². The van der Waals surface area contributed by atoms with E-state index in [4.69, 9.17) is 4.74 Å². The molecule has 0 N–H and O–H groups in total. The lowest BCUT2D eigenvalue weighted by molar-refractivity contribution is -0.135. The van der Waals surface area contributed by atoms with Crippen molar-refractivity contribution in [1.29, 1.82) is 0 Å². The fourth-order valence-electron chi connectivity index (χ4n) is 2.76. The average molecular weight is 244 g/mol. The first kappa shape index (κ1) is 11.8. The molecule has 0 atom stereocenters. The first-order valence-corrected chi connectivity index (χ1v) is 7.14. The maximum Gasteiger partial charge on any atom is 0.314 e. The van der Waals surface area contributed by atoms with Crippen molar-refractivity contribution in [1.82, 2.24) is 0 Å². The van der Waals surface area contributed by atoms with Crippen LogP contribution in [-0.2, 0) is 4.79 Å². The van der Waals surface area contributed by atoms with E-state index >= 15 is 0 Å². The summed E-state index contributed by atoms with van der Waals surface area (Å²) in [4.78, 5) is 11.5. The van der Waals surface area contributed by atoms with Crippen molar-refractivity contribution in [3.05, 3.63) is 29.8 Å². The summed E-state index contributed by atoms with van der Waals surface area (Å²) in [5.74, 6) is 1.53. The molecule has 0 spiro atoms. The summed E-state index contributed by atoms with van der Waals surface area (Å²) in [5.41, 5.74) is 1.40. The molecule has 2 saturated carbocycles. The second-order valence-electron chi connectivity index (χ2n) is 5.60. The molecule has 0 bridgehead atoms. The third-order valence-corrected chi connectivity index (χ3v) is 4.09. The second kappa shape index (κ2) is 5.13. The quantitative estimate of drug-likeness (QED) is 0.592. The van der Waals surface area contributed by atoms with Crippen LogP contribution in [0.2, 0.25) is 0 Å². The molecule has 0 unspecified atom stereocenters. The zero-order chi connectivity index (χ0) is 12.4. The number of hydrogen-bond donors (Lipinski definition) is 0. The Morgan fingerprint density at radius 3 is 2.22 bits per heavy atom. The normalized spacial score (nSPS) is 20.7. The van der Waals surface area contributed by atoms with Gasteiger partial charge in [0.2, 0.25) is 0 Å². The monoisotopic (exact) mass is 244 g/mol. The molecule has 0 saturated heterocycles. The van der Waals surface area contributed by atoms with Crippen LogP contribution in [0.5, 0.6) is 5.75 Å². The van der Waals surface area contributed by atoms with Crippen molar-refractivity contribution < 1.29 is 9.53 Å². The van der Waals surface area contributed by atoms with Gasteiger partial charge in [0.05, 0.1) is 5.92 Å². The lowest BCUT2D eigenvalue weighted by Gasteiger charge is -2.22. The minimum atomic E-state index is -0.0552. The summed E-state index contributed by atoms with van der Waals surface area (Å²) in [6.07, 6.45) is 8.69. The van der Waals surface area contributed by atoms with E-state index in [1.54, 1.807) is 0 Å². The zero-order valence-corrected chi connectivity index (χ0v) is 10.7. The molecule has 1 aromatic carbocycles. The van der Waals surface area contributed by atoms with Crippen molar-refractivity contribution in [3.63, 3.8) is 0 Å². The Labute approximate surface area is 108 Å². The van der Waals surface area contributed by atoms with Gasteiger partial charge in [0.25, 0.3) is 0 Å². The van der Waals surface area contributed by atoms with E-state index in [9.17, 15) is 4.79 Å². The molecule has 3 rings (SSSR count). The van der Waals surface area contributed by atoms with Gasteiger partial charge in [-0.2, -0.15) is 0 Å². The highest BCUT2D eigenvalue weighted by molar-refractivity contribution is 5.77. The van der Waals surface area contributed by atoms with Gasteiger partial charge >= 0.3 is 5.97 Å². The first-order valence-electron chi connectivity index (χ1n) is 7.14. The SMILES string of the molecule is O=C(Oc1ccc(C2CCCCC2)cc1)C1CC1. The number of rotatable bonds is 3. The van der Waals surface area contributed by atoms with Gasteiger partial charge in [-0.05, 0) is 49.3 Å². The Morgan fingerprint density at radius 1 is 0.944 bits per heavy atom. The molecule has 2 aliphatic carbocycles. The Bertz CT molecular complexity index is 411. The summed E-state index contributed by atoms with van der Waals surface area (Å²) in [5, 5.41) is 0. The van der Waals surface area contributed by atoms with Crippen LogP contribution in [0, 0.1) is 5.92 Å². The topological polar surface area (TPSA) is 26.3 Å². The summed E-state index contributed by atoms with van der Waals surface area (Å²) >= 11 is 0. The molecular weight excluding hydrogens is 224 g/mol. The Balaban J connectivity index is 1.62. The maximum atomic E-state index is 11.5. The lowest BCUT2D eigenvalue weighted by atomic mass is 9.84. The summed E-state index contributed by atoms with van der Waals surface area (Å²) in [6.45, 7) is 0. The average Bonchev–Trinajstić information content (AvgIpc) is 3.25. The largest absolute Gasteiger partial charge is 0.426 e. The highest BCUT2D eigenvalue weighted by Gasteiger charge is 2.31. The summed E-state index contributed by atoms with van der Waals surface area (Å²) in [7, 11) is 0. The molecule has 96 valence electrons. The highest BCUT2D eigenvalue weighted by atomic mass is 16.5. The van der Waals surface area contributed by atoms with Crippen molar-refractivity contribution in [3.8, 4) is 5.75 Å². The van der Waals surface area contributed by atoms with Crippen molar-refractivity contribution in [2.75, 3.05) is 0 Å². The molecule has 18 heavy (non-hydrogen) atoms. The second-order valence-corrected chi connectivity index (χ2v) is 5.60. The molecule has 0 radical (unpaired) electrons. The molecule has 0 amide bonds. The van der Waals surface area contributed by atoms with Gasteiger partial charge < -0.3 is 4.74 Å². The zero-order valence-electron chi connectivity index (χ0n) is 10.7. The third-order valence-electron chi connectivity index (χ3n) is 4.09. The van der Waals surface area contributed by atoms with Gasteiger partial charge in [-0.1, -0.05) is 31.4 Å². The van der Waals surface area contributed by atoms with Crippen molar-refractivity contribution >= 4 is 5.97 Å². The molecule has 0 aliphatic heterocycles. The molecule has 1 aromatic rings. The van der Waals surface area contributed by atoms with Crippen molar-refractivity contribution in [2.24, 2.45) is 5.92 Å². The van der Waals surface area contributed by atoms with Crippen molar-refractivity contribution in [2.45, 2.75) is 50.9 Å². The molecule has 0 aromatic heterocycles. The molecule has 2 nitrogen and oxygen atoms in total. The van der Waals surface area contributed by atoms with E-state index in [0.717, 1.165) is 12.8 Å². The Kier molecular flexibility index (Phi) is 3.35. The highest BCUT2D eigenvalue weighted by Crippen LogP contribution is 2.34. The predicted octanol–water partition coefficient (Wildman–Crippen LogP) is 4.05. The number of benzene rings is 1. The fourth-order valence-corrected chi connectivity index (χ4v) is 2.76. The standard InChI is InChI=1S/C16H20O2/c17-16(14-6-7-14)18-15-10-8-13(9-11-15)12-4-2-1-3-5-12/h8-12,14H,1-7H2. The van der Waals surface area contributed by atoms with Crippen LogP contribution in [0.3, 0.4) is 0 Å². The Hall–Kier alpha value is -1.31. The van der Waals surface area contributed by atoms with Gasteiger partial charge in [-0.15, -0.1) is 0 Å². The van der Waals surface area contributed by atoms with Crippen LogP contribution < -0.4 is 4.74 Å². The molecule has 0 heterocycles. The lowest BCUT2D eigenvalue weighted by Crippen LogP contribution is -2.10. The van der Waals surface area contributed by atoms with Crippen LogP contribution >= 0.6 is 0 Å². The van der Waals surface area contributed by atoms with Gasteiger partial charge in [0, 0.05) is 0 Å². The van der Waals surface area contributed by atoms with Gasteiger partial charge in [0.1, 0.15) is 5.75 Å². The van der Waals surface area contributed by atoms with E-state index < -0.39 is 0 Å². The van der Waals surface area contributed by atoms with Crippen LogP contribution in [0.25, 0.3) is 0 Å². The number of esters is 1. The van der Waals surface area contributed by atoms with Gasteiger partial charge in [0.15, 0.2) is 0 Å². The predicted molar refractivity (Wildman–Crippen MR) is 70.6 cm³/mol. The van der Waals surface area contributed by atoms with Gasteiger partial charge in [-0.25, -0.2) is 0 Å². The van der Waals surface area contributed by atoms with Crippen LogP contribution in [0.4, 0.5) is 0 Å². The Morgan fingerprint density at radius 2 is 1.61 bits per heavy atom. The van der Waals surface area contributed by atoms with E-state index in [1.807, 2.05) is 12.1 Å². The minimum Gasteiger partial charge on any atom is -0.426 e. The first-order chi connectivity index (χ1) is 8.83. The smallest absolute Gasteiger partial charge is 0.314 e. The third kappa shape index (κ3) is 2.74. The molecular formula is C16H20O2. The van der Waals surface area contributed by atoms with E-state index in [2.05, 4.69) is 12.1 Å². The van der Waals surface area contributed by atoms with Crippen LogP contribution in [0.1, 0.15) is 56.4 Å². The van der Waals surface area contributed by atoms with E-state index in [1.165, 1.54) is 37.7 Å². The number of carbonyl (C=O) groups is 1. The minimum absolute atomic E-state index is 0.0552. The van der Waals surface area contributed by atoms with E-state index in [-0.39, 0.29) is 11.9 Å². The fraction of sp³-hybridized carbons (Fsp3) is 0.562. The summed E-state index contributed by atoms with van der Waals surface area (Å²) in [6, 6.07) is 8.16. The number of hydrogen-bond acceptors (Lipinski definition) is 2. The van der Waals surface area contributed by atoms with E-state index in [0.29, 0.717) is 11.7 Å². The molecule has 2 aliphatic rings. The maximum absolute atomic E-state index is 11.5. The summed E-state index contributed by atoms with van der Waals surface area (Å²) < 4.78 is 5.34. The van der Waals surface area contributed by atoms with Crippen LogP contribution in [0.15, 0.2) is 24.3 Å².